The third-order valence-electron chi connectivity index (χ3n) is 9.02. The molecule has 1 heterocycles. The molecule has 65 heavy (non-hydrogen) atoms. The Hall–Kier alpha value is -5.15. The Labute approximate surface area is 377 Å². The quantitative estimate of drug-likeness (QED) is 0.102. The minimum Gasteiger partial charge on any atom is -0.487 e. The summed E-state index contributed by atoms with van der Waals surface area (Å²) in [6.45, 7) is 14.0. The van der Waals surface area contributed by atoms with Gasteiger partial charge in [-0.3, -0.25) is 0 Å². The number of benzene rings is 5. The van der Waals surface area contributed by atoms with Gasteiger partial charge in [-0.15, -0.1) is 0 Å². The van der Waals surface area contributed by atoms with E-state index in [4.69, 9.17) is 37.9 Å². The van der Waals surface area contributed by atoms with Crippen LogP contribution in [0.15, 0.2) is 121 Å². The summed E-state index contributed by atoms with van der Waals surface area (Å²) in [5, 5.41) is 2.37. The molecule has 0 radical (unpaired) electrons. The fourth-order valence-corrected chi connectivity index (χ4v) is 6.24. The normalized spacial score (nSPS) is 16.1. The van der Waals surface area contributed by atoms with Gasteiger partial charge in [0.15, 0.2) is 23.0 Å². The number of halogens is 6. The largest absolute Gasteiger partial charge is 0.487 e. The second kappa shape index (κ2) is 26.1. The van der Waals surface area contributed by atoms with Gasteiger partial charge in [0, 0.05) is 11.1 Å². The Kier molecular flexibility index (Phi) is 21.1. The molecule has 0 aliphatic carbocycles. The molecule has 0 saturated heterocycles. The number of fused-ring (bicyclic) bond motifs is 2. The summed E-state index contributed by atoms with van der Waals surface area (Å²) in [5.41, 5.74) is 9.29. The van der Waals surface area contributed by atoms with Crippen molar-refractivity contribution in [3.63, 3.8) is 0 Å². The standard InChI is InChI=1S/C25H27N.C24H32O8.F6P/c1-19-13-20(2)15-24(14-19)18-26-17-23-9-11-25(12-10-23)21(3)16-22-7-5-4-6-8-22;1-2-6-22-21(5-1)29-17-13-25-9-10-27-15-19-31-23-7-3-4-8-24(23)32-20-16-28-12-11-26-14-18-30-22;1-7(2,3,4,5)6/h4-16,26H,17-18H2,1-3H3;1-8H,9-20H2;/q;;-1/p+1/b21-16-;;. The molecular formula is C49H60F6NO8P. The number of quaternary nitrogens is 1. The Morgan fingerprint density at radius 2 is 0.800 bits per heavy atom. The molecule has 6 rings (SSSR count). The van der Waals surface area contributed by atoms with Crippen LogP contribution in [-0.2, 0) is 32.0 Å². The molecule has 0 aromatic heterocycles. The van der Waals surface area contributed by atoms with Crippen molar-refractivity contribution >= 4 is 19.5 Å². The molecule has 0 atom stereocenters. The smallest absolute Gasteiger partial charge is 0.161 e. The Morgan fingerprint density at radius 1 is 0.462 bits per heavy atom. The number of para-hydroxylation sites is 4. The van der Waals surface area contributed by atoms with Crippen LogP contribution < -0.4 is 24.3 Å². The SMILES string of the molecule is C/C(=C/c1ccccc1)c1ccc(C[NH2+]Cc2cc(C)cc(C)c2)cc1.F[P-](F)(F)(F)(F)F.c1ccc2c(c1)OCCOCCOCCOc1ccccc1OCCOCCOCCO2. The van der Waals surface area contributed by atoms with E-state index in [1.807, 2.05) is 48.5 Å². The Bertz CT molecular complexity index is 2010. The molecule has 16 heteroatoms. The predicted octanol–water partition coefficient (Wildman–Crippen LogP) is 11.5. The van der Waals surface area contributed by atoms with Crippen LogP contribution in [0.1, 0.15) is 40.3 Å². The van der Waals surface area contributed by atoms with Gasteiger partial charge in [-0.05, 0) is 61.7 Å². The molecule has 5 aromatic carbocycles. The predicted molar refractivity (Wildman–Crippen MR) is 243 cm³/mol. The number of hydrogen-bond donors (Lipinski definition) is 1. The van der Waals surface area contributed by atoms with Gasteiger partial charge in [-0.2, -0.15) is 0 Å². The van der Waals surface area contributed by atoms with E-state index >= 15 is 0 Å². The van der Waals surface area contributed by atoms with Crippen LogP contribution in [0.5, 0.6) is 23.0 Å². The number of ether oxygens (including phenoxy) is 8. The summed E-state index contributed by atoms with van der Waals surface area (Å²) < 4.78 is 105. The van der Waals surface area contributed by atoms with Gasteiger partial charge in [0.25, 0.3) is 0 Å². The van der Waals surface area contributed by atoms with Gasteiger partial charge >= 0.3 is 33.0 Å². The second-order valence-corrected chi connectivity index (χ2v) is 16.7. The molecule has 2 N–H and O–H groups in total. The molecule has 0 fully saturated rings. The summed E-state index contributed by atoms with van der Waals surface area (Å²) in [4.78, 5) is 0. The fourth-order valence-electron chi connectivity index (χ4n) is 6.24. The van der Waals surface area contributed by atoms with Crippen molar-refractivity contribution in [2.24, 2.45) is 0 Å². The number of allylic oxidation sites excluding steroid dienone is 1. The van der Waals surface area contributed by atoms with Crippen molar-refractivity contribution in [2.45, 2.75) is 33.9 Å². The number of aryl methyl sites for hydroxylation is 2. The van der Waals surface area contributed by atoms with Crippen LogP contribution in [0, 0.1) is 13.8 Å². The number of hydrogen-bond acceptors (Lipinski definition) is 8. The summed E-state index contributed by atoms with van der Waals surface area (Å²) >= 11 is 0. The van der Waals surface area contributed by atoms with Crippen molar-refractivity contribution in [1.82, 2.24) is 0 Å². The van der Waals surface area contributed by atoms with Gasteiger partial charge in [0.1, 0.15) is 39.5 Å². The molecule has 1 aliphatic heterocycles. The Morgan fingerprint density at radius 3 is 1.18 bits per heavy atom. The minimum atomic E-state index is -10.7. The van der Waals surface area contributed by atoms with E-state index < -0.39 is 7.81 Å². The van der Waals surface area contributed by atoms with Crippen LogP contribution in [0.4, 0.5) is 25.2 Å². The van der Waals surface area contributed by atoms with Crippen LogP contribution in [-0.4, -0.2) is 79.3 Å². The number of nitrogens with two attached hydrogens (primary N) is 1. The van der Waals surface area contributed by atoms with E-state index in [0.717, 1.165) is 13.1 Å². The zero-order chi connectivity index (χ0) is 46.9. The van der Waals surface area contributed by atoms with E-state index in [1.165, 1.54) is 39.0 Å². The molecule has 0 saturated carbocycles. The zero-order valence-electron chi connectivity index (χ0n) is 37.1. The van der Waals surface area contributed by atoms with Crippen LogP contribution in [0.2, 0.25) is 0 Å². The van der Waals surface area contributed by atoms with Crippen molar-refractivity contribution in [3.05, 3.63) is 155 Å². The number of rotatable bonds is 6. The third kappa shape index (κ3) is 25.2. The first-order valence-electron chi connectivity index (χ1n) is 21.3. The van der Waals surface area contributed by atoms with Crippen LogP contribution >= 0.6 is 7.81 Å². The van der Waals surface area contributed by atoms with Gasteiger partial charge in [0.05, 0.1) is 52.9 Å². The maximum Gasteiger partial charge on any atom is 0.161 e. The van der Waals surface area contributed by atoms with E-state index in [0.29, 0.717) is 102 Å². The molecule has 0 spiro atoms. The van der Waals surface area contributed by atoms with Crippen molar-refractivity contribution < 1.29 is 68.4 Å². The summed E-state index contributed by atoms with van der Waals surface area (Å²) in [7, 11) is -10.7. The van der Waals surface area contributed by atoms with Crippen LogP contribution in [0.25, 0.3) is 11.6 Å². The summed E-state index contributed by atoms with van der Waals surface area (Å²) in [5.74, 6) is 2.73. The molecule has 0 amide bonds. The third-order valence-corrected chi connectivity index (χ3v) is 9.02. The van der Waals surface area contributed by atoms with Crippen LogP contribution in [0.3, 0.4) is 0 Å². The first-order valence-corrected chi connectivity index (χ1v) is 23.3. The van der Waals surface area contributed by atoms with Gasteiger partial charge < -0.3 is 43.2 Å². The van der Waals surface area contributed by atoms with E-state index in [-0.39, 0.29) is 0 Å². The first kappa shape index (κ1) is 52.5. The minimum absolute atomic E-state index is 0.425. The van der Waals surface area contributed by atoms with Crippen molar-refractivity contribution in [2.75, 3.05) is 79.3 Å². The molecule has 0 unspecified atom stereocenters. The van der Waals surface area contributed by atoms with Gasteiger partial charge in [-0.25, -0.2) is 0 Å². The van der Waals surface area contributed by atoms with Crippen molar-refractivity contribution in [1.29, 1.82) is 0 Å². The summed E-state index contributed by atoms with van der Waals surface area (Å²) in [6.07, 6.45) is 2.24. The fraction of sp³-hybridized carbons (Fsp3) is 0.347. The maximum absolute atomic E-state index is 10.7. The molecule has 9 nitrogen and oxygen atoms in total. The topological polar surface area (TPSA) is 90.5 Å². The molecule has 356 valence electrons. The summed E-state index contributed by atoms with van der Waals surface area (Å²) in [6, 6.07) is 41.3. The van der Waals surface area contributed by atoms with E-state index in [9.17, 15) is 25.2 Å². The maximum atomic E-state index is 9.87. The van der Waals surface area contributed by atoms with Crippen molar-refractivity contribution in [3.8, 4) is 23.0 Å². The van der Waals surface area contributed by atoms with E-state index in [2.05, 4.69) is 105 Å². The molecule has 0 bridgehead atoms. The first-order chi connectivity index (χ1) is 31.0. The molecule has 1 aliphatic rings. The zero-order valence-corrected chi connectivity index (χ0v) is 38.0. The Balaban J connectivity index is 0.000000252. The average Bonchev–Trinajstić information content (AvgIpc) is 3.25. The second-order valence-electron chi connectivity index (χ2n) is 14.8. The average molecular weight is 936 g/mol. The monoisotopic (exact) mass is 935 g/mol. The van der Waals surface area contributed by atoms with Gasteiger partial charge in [0.2, 0.25) is 0 Å². The van der Waals surface area contributed by atoms with E-state index in [1.54, 1.807) is 0 Å². The molecular weight excluding hydrogens is 875 g/mol. The van der Waals surface area contributed by atoms with Gasteiger partial charge in [-0.1, -0.05) is 114 Å². The molecule has 5 aromatic rings.